The molecule has 1 fully saturated rings. The molecule has 1 aliphatic rings. The van der Waals surface area contributed by atoms with E-state index in [0.717, 1.165) is 12.0 Å². The molecule has 110 valence electrons. The van der Waals surface area contributed by atoms with E-state index in [9.17, 15) is 9.50 Å². The highest BCUT2D eigenvalue weighted by molar-refractivity contribution is 5.29. The maximum absolute atomic E-state index is 13.4. The summed E-state index contributed by atoms with van der Waals surface area (Å²) < 4.78 is 13.4. The summed E-state index contributed by atoms with van der Waals surface area (Å²) in [7, 11) is 0. The van der Waals surface area contributed by atoms with Crippen molar-refractivity contribution < 1.29 is 9.50 Å². The Labute approximate surface area is 124 Å². The second-order valence-corrected chi connectivity index (χ2v) is 5.80. The summed E-state index contributed by atoms with van der Waals surface area (Å²) in [5, 5.41) is 10.6. The normalized spacial score (nSPS) is 23.6. The van der Waals surface area contributed by atoms with Gasteiger partial charge in [0.15, 0.2) is 0 Å². The third-order valence-corrected chi connectivity index (χ3v) is 4.45. The van der Waals surface area contributed by atoms with Gasteiger partial charge in [-0.3, -0.25) is 0 Å². The maximum atomic E-state index is 13.4. The summed E-state index contributed by atoms with van der Waals surface area (Å²) >= 11 is 0. The first-order valence-electron chi connectivity index (χ1n) is 7.39. The molecular formula is C18H20FNO. The number of rotatable bonds is 5. The Morgan fingerprint density at radius 3 is 2.57 bits per heavy atom. The number of hydrogen-bond donors (Lipinski definition) is 2. The van der Waals surface area contributed by atoms with Gasteiger partial charge >= 0.3 is 0 Å². The predicted molar refractivity (Wildman–Crippen MR) is 81.5 cm³/mol. The van der Waals surface area contributed by atoms with E-state index in [1.807, 2.05) is 24.3 Å². The van der Waals surface area contributed by atoms with E-state index in [0.29, 0.717) is 12.5 Å². The molecule has 2 aromatic rings. The molecule has 0 spiro atoms. The zero-order chi connectivity index (χ0) is 14.8. The first kappa shape index (κ1) is 14.2. The van der Waals surface area contributed by atoms with Crippen LogP contribution in [0.2, 0.25) is 0 Å². The fraction of sp³-hybridized carbons (Fsp3) is 0.333. The molecule has 0 radical (unpaired) electrons. The molecule has 3 heteroatoms. The Kier molecular flexibility index (Phi) is 4.04. The van der Waals surface area contributed by atoms with Crippen LogP contribution in [-0.4, -0.2) is 17.8 Å². The van der Waals surface area contributed by atoms with Gasteiger partial charge in [-0.25, -0.2) is 4.39 Å². The van der Waals surface area contributed by atoms with Crippen molar-refractivity contribution in [3.8, 4) is 0 Å². The van der Waals surface area contributed by atoms with Crippen LogP contribution in [0.3, 0.4) is 0 Å². The lowest BCUT2D eigenvalue weighted by Crippen LogP contribution is -2.28. The van der Waals surface area contributed by atoms with Crippen molar-refractivity contribution in [2.45, 2.75) is 24.4 Å². The van der Waals surface area contributed by atoms with Gasteiger partial charge in [0.05, 0.1) is 6.10 Å². The molecule has 0 aromatic heterocycles. The van der Waals surface area contributed by atoms with Crippen LogP contribution >= 0.6 is 0 Å². The minimum Gasteiger partial charge on any atom is -0.392 e. The second-order valence-electron chi connectivity index (χ2n) is 5.80. The second kappa shape index (κ2) is 5.96. The quantitative estimate of drug-likeness (QED) is 0.887. The first-order chi connectivity index (χ1) is 10.2. The molecular weight excluding hydrogens is 265 g/mol. The Morgan fingerprint density at radius 2 is 1.90 bits per heavy atom. The van der Waals surface area contributed by atoms with Crippen molar-refractivity contribution in [3.63, 3.8) is 0 Å². The van der Waals surface area contributed by atoms with Gasteiger partial charge in [0.25, 0.3) is 0 Å². The van der Waals surface area contributed by atoms with E-state index in [1.54, 1.807) is 6.07 Å². The fourth-order valence-corrected chi connectivity index (χ4v) is 3.18. The molecule has 3 N–H and O–H groups in total. The molecule has 4 atom stereocenters. The van der Waals surface area contributed by atoms with Crippen LogP contribution in [0.1, 0.15) is 29.4 Å². The average molecular weight is 285 g/mol. The molecule has 0 bridgehead atoms. The van der Waals surface area contributed by atoms with Gasteiger partial charge in [0.2, 0.25) is 0 Å². The highest BCUT2D eigenvalue weighted by Crippen LogP contribution is 2.51. The summed E-state index contributed by atoms with van der Waals surface area (Å²) in [6, 6.07) is 16.6. The van der Waals surface area contributed by atoms with Gasteiger partial charge < -0.3 is 10.8 Å². The zero-order valence-electron chi connectivity index (χ0n) is 11.8. The van der Waals surface area contributed by atoms with Crippen molar-refractivity contribution in [1.29, 1.82) is 0 Å². The summed E-state index contributed by atoms with van der Waals surface area (Å²) in [5.74, 6) is 0.112. The Morgan fingerprint density at radius 1 is 1.14 bits per heavy atom. The third-order valence-electron chi connectivity index (χ3n) is 4.45. The minimum absolute atomic E-state index is 0.209. The summed E-state index contributed by atoms with van der Waals surface area (Å²) in [6.45, 7) is 0.322. The van der Waals surface area contributed by atoms with Gasteiger partial charge in [-0.2, -0.15) is 0 Å². The highest BCUT2D eigenvalue weighted by atomic mass is 19.1. The molecule has 1 saturated carbocycles. The molecule has 0 aliphatic heterocycles. The molecule has 1 aliphatic carbocycles. The lowest BCUT2D eigenvalue weighted by atomic mass is 9.89. The van der Waals surface area contributed by atoms with Gasteiger partial charge in [-0.05, 0) is 41.5 Å². The van der Waals surface area contributed by atoms with Crippen LogP contribution in [0.5, 0.6) is 0 Å². The monoisotopic (exact) mass is 285 g/mol. The van der Waals surface area contributed by atoms with Crippen LogP contribution in [-0.2, 0) is 0 Å². The van der Waals surface area contributed by atoms with Crippen LogP contribution in [0.4, 0.5) is 4.39 Å². The van der Waals surface area contributed by atoms with Crippen LogP contribution in [0.15, 0.2) is 54.6 Å². The SMILES string of the molecule is NCC(c1cccc(F)c1)C(O)C1CC1c1ccccc1. The molecule has 21 heavy (non-hydrogen) atoms. The lowest BCUT2D eigenvalue weighted by Gasteiger charge is -2.22. The van der Waals surface area contributed by atoms with Gasteiger partial charge in [0.1, 0.15) is 5.82 Å². The summed E-state index contributed by atoms with van der Waals surface area (Å²) in [5.41, 5.74) is 7.86. The summed E-state index contributed by atoms with van der Waals surface area (Å²) in [6.07, 6.45) is 0.443. The molecule has 0 saturated heterocycles. The van der Waals surface area contributed by atoms with E-state index >= 15 is 0 Å². The van der Waals surface area contributed by atoms with E-state index in [2.05, 4.69) is 12.1 Å². The van der Waals surface area contributed by atoms with Crippen molar-refractivity contribution in [2.24, 2.45) is 11.7 Å². The minimum atomic E-state index is -0.526. The lowest BCUT2D eigenvalue weighted by molar-refractivity contribution is 0.120. The van der Waals surface area contributed by atoms with E-state index < -0.39 is 6.10 Å². The molecule has 0 heterocycles. The van der Waals surface area contributed by atoms with Gasteiger partial charge in [-0.1, -0.05) is 42.5 Å². The fourth-order valence-electron chi connectivity index (χ4n) is 3.18. The summed E-state index contributed by atoms with van der Waals surface area (Å²) in [4.78, 5) is 0. The topological polar surface area (TPSA) is 46.2 Å². The van der Waals surface area contributed by atoms with Gasteiger partial charge in [-0.15, -0.1) is 0 Å². The number of nitrogens with two attached hydrogens (primary N) is 1. The Hall–Kier alpha value is -1.71. The highest BCUT2D eigenvalue weighted by Gasteiger charge is 2.45. The van der Waals surface area contributed by atoms with E-state index in [1.165, 1.54) is 17.7 Å². The van der Waals surface area contributed by atoms with E-state index in [-0.39, 0.29) is 17.7 Å². The zero-order valence-corrected chi connectivity index (χ0v) is 11.8. The first-order valence-corrected chi connectivity index (χ1v) is 7.39. The maximum Gasteiger partial charge on any atom is 0.123 e. The smallest absolute Gasteiger partial charge is 0.123 e. The number of halogens is 1. The Bertz CT molecular complexity index is 601. The van der Waals surface area contributed by atoms with Crippen LogP contribution in [0.25, 0.3) is 0 Å². The molecule has 2 nitrogen and oxygen atoms in total. The molecule has 3 rings (SSSR count). The molecule has 0 amide bonds. The number of hydrogen-bond acceptors (Lipinski definition) is 2. The number of aliphatic hydroxyl groups is 1. The Balaban J connectivity index is 1.74. The predicted octanol–water partition coefficient (Wildman–Crippen LogP) is 3.03. The third kappa shape index (κ3) is 2.99. The largest absolute Gasteiger partial charge is 0.392 e. The van der Waals surface area contributed by atoms with Gasteiger partial charge in [0, 0.05) is 12.5 Å². The van der Waals surface area contributed by atoms with Crippen molar-refractivity contribution >= 4 is 0 Å². The van der Waals surface area contributed by atoms with Crippen molar-refractivity contribution in [2.75, 3.05) is 6.54 Å². The molecule has 2 aromatic carbocycles. The van der Waals surface area contributed by atoms with E-state index in [4.69, 9.17) is 5.73 Å². The average Bonchev–Trinajstić information content (AvgIpc) is 3.29. The van der Waals surface area contributed by atoms with Crippen molar-refractivity contribution in [3.05, 3.63) is 71.5 Å². The van der Waals surface area contributed by atoms with Crippen molar-refractivity contribution in [1.82, 2.24) is 0 Å². The number of aliphatic hydroxyl groups excluding tert-OH is 1. The van der Waals surface area contributed by atoms with Crippen LogP contribution < -0.4 is 5.73 Å². The molecule has 4 unspecified atom stereocenters. The number of benzene rings is 2. The van der Waals surface area contributed by atoms with Crippen LogP contribution in [0, 0.1) is 11.7 Å². The standard InChI is InChI=1S/C18H20FNO/c19-14-8-4-7-13(9-14)17(11-20)18(21)16-10-15(16)12-5-2-1-3-6-12/h1-9,15-18,21H,10-11,20H2.